The molecule has 0 unspecified atom stereocenters. The maximum Gasteiger partial charge on any atom is 0.253 e. The Hall–Kier alpha value is -2.43. The summed E-state index contributed by atoms with van der Waals surface area (Å²) in [5.41, 5.74) is 1.41. The van der Waals surface area contributed by atoms with Gasteiger partial charge in [0.2, 0.25) is 0 Å². The zero-order chi connectivity index (χ0) is 15.2. The molecule has 0 fully saturated rings. The molecule has 5 heteroatoms. The fraction of sp³-hybridized carbons (Fsp3) is 0.250. The van der Waals surface area contributed by atoms with Gasteiger partial charge in [-0.25, -0.2) is 4.39 Å². The molecule has 0 atom stereocenters. The van der Waals surface area contributed by atoms with Crippen molar-refractivity contribution in [2.45, 2.75) is 6.42 Å². The van der Waals surface area contributed by atoms with E-state index < -0.39 is 5.82 Å². The van der Waals surface area contributed by atoms with Crippen LogP contribution in [0.5, 0.6) is 5.75 Å². The molecular weight excluding hydrogens is 271 g/mol. The summed E-state index contributed by atoms with van der Waals surface area (Å²) in [4.78, 5) is 17.7. The summed E-state index contributed by atoms with van der Waals surface area (Å²) in [7, 11) is 3.09. The maximum absolute atomic E-state index is 13.6. The summed E-state index contributed by atoms with van der Waals surface area (Å²) in [5, 5.41) is 0. The molecule has 0 radical (unpaired) electrons. The standard InChI is InChI=1S/C16H17FN2O2/c1-19(10-7-12-5-8-18-9-6-12)16(20)13-3-4-15(21-2)14(17)11-13/h3-6,8-9,11H,7,10H2,1-2H3. The Labute approximate surface area is 123 Å². The highest BCUT2D eigenvalue weighted by atomic mass is 19.1. The van der Waals surface area contributed by atoms with Crippen LogP contribution in [0.3, 0.4) is 0 Å². The van der Waals surface area contributed by atoms with E-state index in [0.29, 0.717) is 12.1 Å². The van der Waals surface area contributed by atoms with Gasteiger partial charge >= 0.3 is 0 Å². The first-order valence-electron chi connectivity index (χ1n) is 6.59. The number of pyridine rings is 1. The van der Waals surface area contributed by atoms with Gasteiger partial charge in [-0.1, -0.05) is 0 Å². The molecule has 1 heterocycles. The summed E-state index contributed by atoms with van der Waals surface area (Å²) in [5.74, 6) is -0.623. The molecule has 110 valence electrons. The highest BCUT2D eigenvalue weighted by Crippen LogP contribution is 2.18. The number of aromatic nitrogens is 1. The molecule has 2 aromatic rings. The van der Waals surface area contributed by atoms with E-state index in [2.05, 4.69) is 4.98 Å². The first-order chi connectivity index (χ1) is 10.1. The van der Waals surface area contributed by atoms with Gasteiger partial charge in [0.25, 0.3) is 5.91 Å². The minimum absolute atomic E-state index is 0.131. The molecule has 1 aromatic carbocycles. The molecule has 0 aliphatic carbocycles. The van der Waals surface area contributed by atoms with E-state index >= 15 is 0 Å². The number of likely N-dealkylation sites (N-methyl/N-ethyl adjacent to an activating group) is 1. The number of amides is 1. The van der Waals surface area contributed by atoms with Crippen LogP contribution < -0.4 is 4.74 Å². The van der Waals surface area contributed by atoms with Gasteiger partial charge in [0.15, 0.2) is 11.6 Å². The van der Waals surface area contributed by atoms with Crippen molar-refractivity contribution >= 4 is 5.91 Å². The molecule has 0 bridgehead atoms. The predicted molar refractivity (Wildman–Crippen MR) is 77.9 cm³/mol. The quantitative estimate of drug-likeness (QED) is 0.849. The number of hydrogen-bond donors (Lipinski definition) is 0. The zero-order valence-electron chi connectivity index (χ0n) is 12.0. The fourth-order valence-electron chi connectivity index (χ4n) is 1.97. The van der Waals surface area contributed by atoms with Gasteiger partial charge in [0, 0.05) is 31.5 Å². The maximum atomic E-state index is 13.6. The lowest BCUT2D eigenvalue weighted by molar-refractivity contribution is 0.0796. The minimum atomic E-state index is -0.536. The number of nitrogens with zero attached hydrogens (tertiary/aromatic N) is 2. The van der Waals surface area contributed by atoms with Gasteiger partial charge in [0.05, 0.1) is 7.11 Å². The monoisotopic (exact) mass is 288 g/mol. The number of halogens is 1. The first-order valence-corrected chi connectivity index (χ1v) is 6.59. The minimum Gasteiger partial charge on any atom is -0.494 e. The van der Waals surface area contributed by atoms with Gasteiger partial charge in [-0.3, -0.25) is 9.78 Å². The third-order valence-electron chi connectivity index (χ3n) is 3.23. The Balaban J connectivity index is 2.00. The molecule has 0 spiro atoms. The van der Waals surface area contributed by atoms with Crippen molar-refractivity contribution in [1.82, 2.24) is 9.88 Å². The molecule has 1 amide bonds. The summed E-state index contributed by atoms with van der Waals surface area (Å²) in [6, 6.07) is 8.04. The number of ether oxygens (including phenoxy) is 1. The van der Waals surface area contributed by atoms with Crippen molar-refractivity contribution in [3.8, 4) is 5.75 Å². The largest absolute Gasteiger partial charge is 0.494 e. The van der Waals surface area contributed by atoms with E-state index in [1.165, 1.54) is 19.2 Å². The Kier molecular flexibility index (Phi) is 4.87. The number of carbonyl (C=O) groups excluding carboxylic acids is 1. The lowest BCUT2D eigenvalue weighted by Gasteiger charge is -2.17. The number of rotatable bonds is 5. The van der Waals surface area contributed by atoms with Crippen molar-refractivity contribution in [3.63, 3.8) is 0 Å². The van der Waals surface area contributed by atoms with E-state index in [1.54, 1.807) is 30.4 Å². The van der Waals surface area contributed by atoms with E-state index in [0.717, 1.165) is 12.0 Å². The molecule has 4 nitrogen and oxygen atoms in total. The van der Waals surface area contributed by atoms with Crippen LogP contribution in [-0.2, 0) is 6.42 Å². The summed E-state index contributed by atoms with van der Waals surface area (Å²) in [6.07, 6.45) is 4.16. The van der Waals surface area contributed by atoms with Crippen molar-refractivity contribution in [1.29, 1.82) is 0 Å². The van der Waals surface area contributed by atoms with Crippen LogP contribution in [0, 0.1) is 5.82 Å². The normalized spacial score (nSPS) is 10.2. The average Bonchev–Trinajstić information content (AvgIpc) is 2.52. The second-order valence-corrected chi connectivity index (χ2v) is 4.68. The molecule has 0 saturated carbocycles. The van der Waals surface area contributed by atoms with Crippen LogP contribution >= 0.6 is 0 Å². The smallest absolute Gasteiger partial charge is 0.253 e. The van der Waals surface area contributed by atoms with Crippen molar-refractivity contribution in [3.05, 3.63) is 59.7 Å². The van der Waals surface area contributed by atoms with Crippen LogP contribution in [0.15, 0.2) is 42.7 Å². The highest BCUT2D eigenvalue weighted by molar-refractivity contribution is 5.94. The van der Waals surface area contributed by atoms with E-state index in [4.69, 9.17) is 4.74 Å². The Morgan fingerprint density at radius 1 is 1.29 bits per heavy atom. The van der Waals surface area contributed by atoms with Crippen LogP contribution in [0.2, 0.25) is 0 Å². The average molecular weight is 288 g/mol. The third-order valence-corrected chi connectivity index (χ3v) is 3.23. The summed E-state index contributed by atoms with van der Waals surface area (Å²) < 4.78 is 18.5. The van der Waals surface area contributed by atoms with E-state index in [1.807, 2.05) is 12.1 Å². The predicted octanol–water partition coefficient (Wildman–Crippen LogP) is 2.54. The molecule has 0 N–H and O–H groups in total. The molecule has 0 aliphatic heterocycles. The van der Waals surface area contributed by atoms with Crippen LogP contribution in [0.4, 0.5) is 4.39 Å². The number of hydrogen-bond acceptors (Lipinski definition) is 3. The molecule has 0 aliphatic rings. The first kappa shape index (κ1) is 15.0. The SMILES string of the molecule is COc1ccc(C(=O)N(C)CCc2ccncc2)cc1F. The zero-order valence-corrected chi connectivity index (χ0v) is 12.0. The second kappa shape index (κ2) is 6.83. The molecule has 1 aromatic heterocycles. The summed E-state index contributed by atoms with van der Waals surface area (Å²) in [6.45, 7) is 0.552. The van der Waals surface area contributed by atoms with E-state index in [9.17, 15) is 9.18 Å². The summed E-state index contributed by atoms with van der Waals surface area (Å²) >= 11 is 0. The fourth-order valence-corrected chi connectivity index (χ4v) is 1.97. The third kappa shape index (κ3) is 3.78. The number of carbonyl (C=O) groups is 1. The lowest BCUT2D eigenvalue weighted by Crippen LogP contribution is -2.28. The van der Waals surface area contributed by atoms with Gasteiger partial charge in [-0.15, -0.1) is 0 Å². The van der Waals surface area contributed by atoms with Crippen molar-refractivity contribution in [2.24, 2.45) is 0 Å². The number of methoxy groups -OCH3 is 1. The molecule has 21 heavy (non-hydrogen) atoms. The van der Waals surface area contributed by atoms with Crippen LogP contribution in [-0.4, -0.2) is 36.5 Å². The van der Waals surface area contributed by atoms with Crippen molar-refractivity contribution < 1.29 is 13.9 Å². The van der Waals surface area contributed by atoms with Gasteiger partial charge in [-0.05, 0) is 42.3 Å². The van der Waals surface area contributed by atoms with Gasteiger partial charge in [-0.2, -0.15) is 0 Å². The van der Waals surface area contributed by atoms with E-state index in [-0.39, 0.29) is 11.7 Å². The van der Waals surface area contributed by atoms with Gasteiger partial charge < -0.3 is 9.64 Å². The Bertz CT molecular complexity index is 617. The molecular formula is C16H17FN2O2. The Morgan fingerprint density at radius 3 is 2.62 bits per heavy atom. The topological polar surface area (TPSA) is 42.4 Å². The molecule has 2 rings (SSSR count). The lowest BCUT2D eigenvalue weighted by atomic mass is 10.1. The van der Waals surface area contributed by atoms with Crippen molar-refractivity contribution in [2.75, 3.05) is 20.7 Å². The van der Waals surface area contributed by atoms with Gasteiger partial charge in [0.1, 0.15) is 0 Å². The highest BCUT2D eigenvalue weighted by Gasteiger charge is 2.14. The second-order valence-electron chi connectivity index (χ2n) is 4.68. The van der Waals surface area contributed by atoms with Crippen LogP contribution in [0.25, 0.3) is 0 Å². The molecule has 0 saturated heterocycles. The Morgan fingerprint density at radius 2 is 2.00 bits per heavy atom. The number of benzene rings is 1. The van der Waals surface area contributed by atoms with Crippen LogP contribution in [0.1, 0.15) is 15.9 Å².